The molecule has 2 aliphatic rings. The van der Waals surface area contributed by atoms with Gasteiger partial charge in [0.25, 0.3) is 0 Å². The van der Waals surface area contributed by atoms with Gasteiger partial charge in [-0.15, -0.1) is 0 Å². The number of carbonyl (C=O) groups excluding carboxylic acids is 2. The molecule has 2 aromatic rings. The van der Waals surface area contributed by atoms with E-state index in [2.05, 4.69) is 49.7 Å². The Kier molecular flexibility index (Phi) is 5.15. The van der Waals surface area contributed by atoms with E-state index < -0.39 is 11.6 Å². The molecule has 2 amide bonds. The molecule has 0 unspecified atom stereocenters. The second-order valence-corrected chi connectivity index (χ2v) is 8.71. The lowest BCUT2D eigenvalue weighted by Gasteiger charge is -2.51. The number of para-hydroxylation sites is 1. The van der Waals surface area contributed by atoms with Crippen molar-refractivity contribution in [3.05, 3.63) is 35.5 Å². The van der Waals surface area contributed by atoms with Gasteiger partial charge in [0.15, 0.2) is 0 Å². The molecule has 29 heavy (non-hydrogen) atoms. The molecule has 2 aliphatic heterocycles. The molecular formula is C23H32N4O2. The Morgan fingerprint density at radius 2 is 1.90 bits per heavy atom. The van der Waals surface area contributed by atoms with Crippen molar-refractivity contribution in [3.8, 4) is 0 Å². The van der Waals surface area contributed by atoms with Gasteiger partial charge < -0.3 is 19.7 Å². The maximum atomic E-state index is 13.4. The van der Waals surface area contributed by atoms with Crippen LogP contribution in [0.2, 0.25) is 0 Å². The quantitative estimate of drug-likeness (QED) is 0.817. The fourth-order valence-electron chi connectivity index (χ4n) is 5.15. The van der Waals surface area contributed by atoms with Gasteiger partial charge in [0.05, 0.1) is 12.1 Å². The zero-order valence-corrected chi connectivity index (χ0v) is 18.0. The highest BCUT2D eigenvalue weighted by Crippen LogP contribution is 2.42. The van der Waals surface area contributed by atoms with Crippen molar-refractivity contribution in [2.24, 2.45) is 0 Å². The topological polar surface area (TPSA) is 59.6 Å². The lowest BCUT2D eigenvalue weighted by atomic mass is 9.82. The van der Waals surface area contributed by atoms with Crippen molar-refractivity contribution in [3.63, 3.8) is 0 Å². The fraction of sp³-hybridized carbons (Fsp3) is 0.565. The second kappa shape index (κ2) is 7.48. The average molecular weight is 397 g/mol. The van der Waals surface area contributed by atoms with Gasteiger partial charge >= 0.3 is 0 Å². The summed E-state index contributed by atoms with van der Waals surface area (Å²) in [5.41, 5.74) is 2.78. The molecule has 4 rings (SSSR count). The largest absolute Gasteiger partial charge is 0.356 e. The summed E-state index contributed by atoms with van der Waals surface area (Å²) >= 11 is 0. The number of nitrogens with one attached hydrogen (secondary N) is 1. The molecule has 156 valence electrons. The highest BCUT2D eigenvalue weighted by Gasteiger charge is 2.51. The number of aromatic amines is 1. The van der Waals surface area contributed by atoms with Crippen molar-refractivity contribution in [1.82, 2.24) is 19.7 Å². The number of benzene rings is 1. The first-order valence-electron chi connectivity index (χ1n) is 10.8. The normalized spacial score (nSPS) is 21.1. The lowest BCUT2D eigenvalue weighted by Crippen LogP contribution is -2.67. The third kappa shape index (κ3) is 3.23. The van der Waals surface area contributed by atoms with Crippen LogP contribution in [-0.4, -0.2) is 70.3 Å². The molecule has 6 nitrogen and oxygen atoms in total. The Balaban J connectivity index is 1.60. The monoisotopic (exact) mass is 396 g/mol. The summed E-state index contributed by atoms with van der Waals surface area (Å²) in [7, 11) is 0. The third-order valence-corrected chi connectivity index (χ3v) is 6.73. The molecule has 0 saturated carbocycles. The van der Waals surface area contributed by atoms with Crippen molar-refractivity contribution < 1.29 is 9.59 Å². The summed E-state index contributed by atoms with van der Waals surface area (Å²) in [6.45, 7) is 12.2. The van der Waals surface area contributed by atoms with Crippen LogP contribution < -0.4 is 0 Å². The summed E-state index contributed by atoms with van der Waals surface area (Å²) < 4.78 is 0. The Hall–Kier alpha value is -2.34. The minimum Gasteiger partial charge on any atom is -0.356 e. The van der Waals surface area contributed by atoms with Crippen molar-refractivity contribution >= 4 is 22.7 Å². The van der Waals surface area contributed by atoms with Crippen LogP contribution in [0.15, 0.2) is 24.3 Å². The van der Waals surface area contributed by atoms with E-state index in [-0.39, 0.29) is 18.4 Å². The molecule has 1 aromatic heterocycles. The van der Waals surface area contributed by atoms with Gasteiger partial charge in [-0.1, -0.05) is 32.0 Å². The highest BCUT2D eigenvalue weighted by atomic mass is 16.2. The summed E-state index contributed by atoms with van der Waals surface area (Å²) in [6.07, 6.45) is 1.48. The smallest absolute Gasteiger partial charge is 0.246 e. The SMILES string of the molecule is CCN(CC)CCCN1CC(=O)N2[C@@H](Cc3c([nH]c4ccccc34)C2(C)C)C1=O. The number of piperazine rings is 1. The molecule has 0 spiro atoms. The Bertz CT molecular complexity index is 928. The molecule has 1 aromatic carbocycles. The van der Waals surface area contributed by atoms with E-state index >= 15 is 0 Å². The van der Waals surface area contributed by atoms with Gasteiger partial charge in [-0.05, 0) is 51.5 Å². The van der Waals surface area contributed by atoms with E-state index in [0.717, 1.165) is 42.7 Å². The molecule has 1 atom stereocenters. The van der Waals surface area contributed by atoms with E-state index in [1.54, 1.807) is 4.90 Å². The Morgan fingerprint density at radius 3 is 2.62 bits per heavy atom. The Labute approximate surface area is 172 Å². The number of amides is 2. The molecule has 0 bridgehead atoms. The predicted octanol–water partition coefficient (Wildman–Crippen LogP) is 2.73. The lowest BCUT2D eigenvalue weighted by molar-refractivity contribution is -0.163. The summed E-state index contributed by atoms with van der Waals surface area (Å²) in [6, 6.07) is 7.80. The minimum atomic E-state index is -0.530. The highest BCUT2D eigenvalue weighted by molar-refractivity contribution is 5.97. The second-order valence-electron chi connectivity index (χ2n) is 8.71. The van der Waals surface area contributed by atoms with E-state index in [1.807, 2.05) is 17.0 Å². The standard InChI is InChI=1S/C23H32N4O2/c1-5-25(6-2)12-9-13-26-15-20(28)27-19(22(26)29)14-17-16-10-7-8-11-18(16)24-21(17)23(27,3)4/h7-8,10-11,19,24H,5-6,9,12-15H2,1-4H3/t19-/m0/s1. The molecule has 0 aliphatic carbocycles. The van der Waals surface area contributed by atoms with Gasteiger partial charge in [0.1, 0.15) is 6.04 Å². The zero-order chi connectivity index (χ0) is 20.8. The maximum Gasteiger partial charge on any atom is 0.246 e. The van der Waals surface area contributed by atoms with Crippen molar-refractivity contribution in [2.75, 3.05) is 32.7 Å². The van der Waals surface area contributed by atoms with Gasteiger partial charge in [-0.2, -0.15) is 0 Å². The van der Waals surface area contributed by atoms with Gasteiger partial charge in [0.2, 0.25) is 11.8 Å². The van der Waals surface area contributed by atoms with Crippen molar-refractivity contribution in [2.45, 2.75) is 52.1 Å². The van der Waals surface area contributed by atoms with Crippen LogP contribution in [0.25, 0.3) is 10.9 Å². The molecule has 1 saturated heterocycles. The third-order valence-electron chi connectivity index (χ3n) is 6.73. The number of nitrogens with zero attached hydrogens (tertiary/aromatic N) is 3. The first-order chi connectivity index (χ1) is 13.9. The van der Waals surface area contributed by atoms with Crippen LogP contribution in [0.5, 0.6) is 0 Å². The van der Waals surface area contributed by atoms with E-state index in [9.17, 15) is 9.59 Å². The average Bonchev–Trinajstić information content (AvgIpc) is 3.08. The van der Waals surface area contributed by atoms with Crippen LogP contribution in [-0.2, 0) is 21.5 Å². The first kappa shape index (κ1) is 20.0. The van der Waals surface area contributed by atoms with Crippen LogP contribution in [0.3, 0.4) is 0 Å². The van der Waals surface area contributed by atoms with E-state index in [1.165, 1.54) is 5.56 Å². The summed E-state index contributed by atoms with van der Waals surface area (Å²) in [4.78, 5) is 36.0. The molecule has 1 fully saturated rings. The fourth-order valence-corrected chi connectivity index (χ4v) is 5.15. The molecule has 6 heteroatoms. The Morgan fingerprint density at radius 1 is 1.17 bits per heavy atom. The number of hydrogen-bond donors (Lipinski definition) is 1. The zero-order valence-electron chi connectivity index (χ0n) is 18.0. The molecule has 3 heterocycles. The molecule has 0 radical (unpaired) electrons. The molecular weight excluding hydrogens is 364 g/mol. The van der Waals surface area contributed by atoms with Gasteiger partial charge in [0, 0.05) is 29.6 Å². The summed E-state index contributed by atoms with van der Waals surface area (Å²) in [5, 5.41) is 1.16. The number of fused-ring (bicyclic) bond motifs is 4. The van der Waals surface area contributed by atoms with Crippen LogP contribution in [0.4, 0.5) is 0 Å². The maximum absolute atomic E-state index is 13.4. The summed E-state index contributed by atoms with van der Waals surface area (Å²) in [5.74, 6) is 0.139. The number of rotatable bonds is 6. The van der Waals surface area contributed by atoms with Crippen molar-refractivity contribution in [1.29, 1.82) is 0 Å². The van der Waals surface area contributed by atoms with E-state index in [4.69, 9.17) is 0 Å². The first-order valence-corrected chi connectivity index (χ1v) is 10.8. The van der Waals surface area contributed by atoms with Gasteiger partial charge in [-0.3, -0.25) is 9.59 Å². The van der Waals surface area contributed by atoms with E-state index in [0.29, 0.717) is 13.0 Å². The van der Waals surface area contributed by atoms with Crippen LogP contribution >= 0.6 is 0 Å². The number of H-pyrrole nitrogens is 1. The minimum absolute atomic E-state index is 0.0479. The van der Waals surface area contributed by atoms with Gasteiger partial charge in [-0.25, -0.2) is 0 Å². The number of carbonyl (C=O) groups is 2. The van der Waals surface area contributed by atoms with Crippen LogP contribution in [0.1, 0.15) is 45.4 Å². The number of aromatic nitrogens is 1. The predicted molar refractivity (Wildman–Crippen MR) is 115 cm³/mol. The molecule has 1 N–H and O–H groups in total. The van der Waals surface area contributed by atoms with Crippen LogP contribution in [0, 0.1) is 0 Å². The number of hydrogen-bond acceptors (Lipinski definition) is 3.